The zero-order chi connectivity index (χ0) is 18.8. The molecule has 2 amide bonds. The summed E-state index contributed by atoms with van der Waals surface area (Å²) in [5, 5.41) is 2.80. The van der Waals surface area contributed by atoms with Crippen molar-refractivity contribution in [2.24, 2.45) is 5.92 Å². The highest BCUT2D eigenvalue weighted by Gasteiger charge is 2.20. The van der Waals surface area contributed by atoms with Gasteiger partial charge < -0.3 is 19.9 Å². The summed E-state index contributed by atoms with van der Waals surface area (Å²) in [6.07, 6.45) is 0.695. The van der Waals surface area contributed by atoms with Crippen LogP contribution in [0.4, 0.5) is 5.69 Å². The summed E-state index contributed by atoms with van der Waals surface area (Å²) in [4.78, 5) is 28.2. The summed E-state index contributed by atoms with van der Waals surface area (Å²) in [5.74, 6) is 0.516. The first-order valence-electron chi connectivity index (χ1n) is 9.48. The van der Waals surface area contributed by atoms with Crippen LogP contribution < -0.4 is 10.2 Å². The van der Waals surface area contributed by atoms with Crippen molar-refractivity contribution in [3.05, 3.63) is 30.3 Å². The highest BCUT2D eigenvalue weighted by atomic mass is 16.5. The van der Waals surface area contributed by atoms with Gasteiger partial charge in [0.2, 0.25) is 11.8 Å². The minimum atomic E-state index is -0.0598. The van der Waals surface area contributed by atoms with Gasteiger partial charge >= 0.3 is 0 Å². The van der Waals surface area contributed by atoms with Gasteiger partial charge in [0.05, 0.1) is 6.61 Å². The molecule has 0 aromatic heterocycles. The summed E-state index contributed by atoms with van der Waals surface area (Å²) in [5.41, 5.74) is 1.20. The molecule has 0 spiro atoms. The largest absolute Gasteiger partial charge is 0.381 e. The minimum absolute atomic E-state index is 0.0598. The van der Waals surface area contributed by atoms with Gasteiger partial charge in [-0.15, -0.1) is 0 Å². The van der Waals surface area contributed by atoms with E-state index in [0.717, 1.165) is 26.2 Å². The first-order valence-corrected chi connectivity index (χ1v) is 9.48. The van der Waals surface area contributed by atoms with E-state index >= 15 is 0 Å². The van der Waals surface area contributed by atoms with Gasteiger partial charge in [-0.25, -0.2) is 0 Å². The Bertz CT molecular complexity index is 555. The fourth-order valence-electron chi connectivity index (χ4n) is 2.89. The second-order valence-corrected chi connectivity index (χ2v) is 7.02. The van der Waals surface area contributed by atoms with Crippen molar-refractivity contribution in [1.29, 1.82) is 0 Å². The van der Waals surface area contributed by atoms with E-state index in [2.05, 4.69) is 36.2 Å². The molecule has 0 bridgehead atoms. The van der Waals surface area contributed by atoms with Crippen LogP contribution in [0.3, 0.4) is 0 Å². The molecule has 1 aliphatic rings. The van der Waals surface area contributed by atoms with Gasteiger partial charge in [-0.05, 0) is 18.1 Å². The average molecular weight is 361 g/mol. The molecule has 6 nitrogen and oxygen atoms in total. The number of benzene rings is 1. The van der Waals surface area contributed by atoms with Crippen molar-refractivity contribution in [3.8, 4) is 0 Å². The summed E-state index contributed by atoms with van der Waals surface area (Å²) in [6.45, 7) is 8.78. The molecule has 1 fully saturated rings. The van der Waals surface area contributed by atoms with Gasteiger partial charge in [-0.3, -0.25) is 9.59 Å². The number of para-hydroxylation sites is 1. The van der Waals surface area contributed by atoms with Crippen LogP contribution in [-0.4, -0.2) is 62.7 Å². The van der Waals surface area contributed by atoms with Gasteiger partial charge in [0.25, 0.3) is 0 Å². The molecule has 6 heteroatoms. The summed E-state index contributed by atoms with van der Waals surface area (Å²) in [6, 6.07) is 10.3. The molecule has 26 heavy (non-hydrogen) atoms. The number of carbonyl (C=O) groups is 2. The molecular formula is C20H31N3O3. The Kier molecular flexibility index (Phi) is 8.41. The van der Waals surface area contributed by atoms with Crippen LogP contribution >= 0.6 is 0 Å². The van der Waals surface area contributed by atoms with Crippen LogP contribution in [-0.2, 0) is 14.3 Å². The Balaban J connectivity index is 1.58. The number of rotatable bonds is 9. The molecule has 0 radical (unpaired) electrons. The smallest absolute Gasteiger partial charge is 0.224 e. The molecule has 1 N–H and O–H groups in total. The molecule has 1 aromatic rings. The van der Waals surface area contributed by atoms with E-state index in [0.29, 0.717) is 38.5 Å². The van der Waals surface area contributed by atoms with Crippen LogP contribution in [0.5, 0.6) is 0 Å². The molecule has 1 aromatic carbocycles. The van der Waals surface area contributed by atoms with Crippen LogP contribution in [0.2, 0.25) is 0 Å². The Hall–Kier alpha value is -2.08. The number of anilines is 1. The molecule has 0 atom stereocenters. The van der Waals surface area contributed by atoms with E-state index in [-0.39, 0.29) is 11.8 Å². The van der Waals surface area contributed by atoms with Gasteiger partial charge in [-0.1, -0.05) is 32.0 Å². The van der Waals surface area contributed by atoms with Crippen LogP contribution in [0.25, 0.3) is 0 Å². The predicted molar refractivity (Wildman–Crippen MR) is 103 cm³/mol. The molecule has 0 aliphatic carbocycles. The Morgan fingerprint density at radius 2 is 1.77 bits per heavy atom. The van der Waals surface area contributed by atoms with E-state index in [4.69, 9.17) is 4.74 Å². The number of hydrogen-bond acceptors (Lipinski definition) is 4. The number of carbonyl (C=O) groups excluding carboxylic acids is 2. The van der Waals surface area contributed by atoms with Crippen LogP contribution in [0.1, 0.15) is 26.7 Å². The van der Waals surface area contributed by atoms with E-state index in [9.17, 15) is 9.59 Å². The fraction of sp³-hybridized carbons (Fsp3) is 0.600. The third kappa shape index (κ3) is 7.04. The van der Waals surface area contributed by atoms with E-state index in [1.807, 2.05) is 23.1 Å². The van der Waals surface area contributed by atoms with Gasteiger partial charge in [-0.2, -0.15) is 0 Å². The lowest BCUT2D eigenvalue weighted by Gasteiger charge is -2.36. The number of ether oxygens (including phenoxy) is 1. The SMILES string of the molecule is CC(C)COCCC(=O)NCCC(=O)N1CCN(c2ccccc2)CC1. The standard InChI is InChI=1S/C20H31N3O3/c1-17(2)16-26-15-9-19(24)21-10-8-20(25)23-13-11-22(12-14-23)18-6-4-3-5-7-18/h3-7,17H,8-16H2,1-2H3,(H,21,24). The lowest BCUT2D eigenvalue weighted by molar-refractivity contribution is -0.131. The molecule has 0 saturated carbocycles. The Morgan fingerprint density at radius 1 is 1.08 bits per heavy atom. The normalized spacial score (nSPS) is 14.6. The molecular weight excluding hydrogens is 330 g/mol. The van der Waals surface area contributed by atoms with Crippen LogP contribution in [0, 0.1) is 5.92 Å². The molecule has 1 saturated heterocycles. The maximum absolute atomic E-state index is 12.3. The van der Waals surface area contributed by atoms with Gasteiger partial charge in [0.15, 0.2) is 0 Å². The first kappa shape index (κ1) is 20.2. The van der Waals surface area contributed by atoms with Crippen molar-refractivity contribution in [3.63, 3.8) is 0 Å². The Labute approximate surface area is 156 Å². The zero-order valence-electron chi connectivity index (χ0n) is 15.9. The van der Waals surface area contributed by atoms with E-state index in [1.165, 1.54) is 5.69 Å². The second-order valence-electron chi connectivity index (χ2n) is 7.02. The second kappa shape index (κ2) is 10.8. The van der Waals surface area contributed by atoms with Crippen molar-refractivity contribution in [1.82, 2.24) is 10.2 Å². The van der Waals surface area contributed by atoms with E-state index < -0.39 is 0 Å². The van der Waals surface area contributed by atoms with Crippen molar-refractivity contribution in [2.45, 2.75) is 26.7 Å². The van der Waals surface area contributed by atoms with Crippen LogP contribution in [0.15, 0.2) is 30.3 Å². The molecule has 144 valence electrons. The quantitative estimate of drug-likeness (QED) is 0.683. The molecule has 2 rings (SSSR count). The maximum atomic E-state index is 12.3. The van der Waals surface area contributed by atoms with Crippen molar-refractivity contribution >= 4 is 17.5 Å². The molecule has 0 unspecified atom stereocenters. The predicted octanol–water partition coefficient (Wildman–Crippen LogP) is 1.90. The lowest BCUT2D eigenvalue weighted by atomic mass is 10.2. The topological polar surface area (TPSA) is 61.9 Å². The van der Waals surface area contributed by atoms with Crippen molar-refractivity contribution < 1.29 is 14.3 Å². The minimum Gasteiger partial charge on any atom is -0.381 e. The van der Waals surface area contributed by atoms with Crippen molar-refractivity contribution in [2.75, 3.05) is 50.8 Å². The first-order chi connectivity index (χ1) is 12.6. The zero-order valence-corrected chi connectivity index (χ0v) is 15.9. The van der Waals surface area contributed by atoms with Gasteiger partial charge in [0.1, 0.15) is 0 Å². The number of nitrogens with one attached hydrogen (secondary N) is 1. The third-order valence-corrected chi connectivity index (χ3v) is 4.34. The lowest BCUT2D eigenvalue weighted by Crippen LogP contribution is -2.49. The summed E-state index contributed by atoms with van der Waals surface area (Å²) < 4.78 is 5.39. The summed E-state index contributed by atoms with van der Waals surface area (Å²) in [7, 11) is 0. The molecule has 1 aliphatic heterocycles. The third-order valence-electron chi connectivity index (χ3n) is 4.34. The average Bonchev–Trinajstić information content (AvgIpc) is 2.66. The summed E-state index contributed by atoms with van der Waals surface area (Å²) >= 11 is 0. The number of hydrogen-bond donors (Lipinski definition) is 1. The maximum Gasteiger partial charge on any atom is 0.224 e. The highest BCUT2D eigenvalue weighted by molar-refractivity contribution is 5.79. The van der Waals surface area contributed by atoms with E-state index in [1.54, 1.807) is 0 Å². The van der Waals surface area contributed by atoms with Gasteiger partial charge in [0, 0.05) is 57.9 Å². The molecule has 1 heterocycles. The monoisotopic (exact) mass is 361 g/mol. The number of piperazine rings is 1. The number of amides is 2. The number of nitrogens with zero attached hydrogens (tertiary/aromatic N) is 2. The highest BCUT2D eigenvalue weighted by Crippen LogP contribution is 2.15. The fourth-order valence-corrected chi connectivity index (χ4v) is 2.89. The Morgan fingerprint density at radius 3 is 2.42 bits per heavy atom.